The number of amides is 1. The number of carbonyl (C=O) groups excluding carboxylic acids is 1. The summed E-state index contributed by atoms with van der Waals surface area (Å²) in [4.78, 5) is 14.1. The van der Waals surface area contributed by atoms with Crippen molar-refractivity contribution in [3.63, 3.8) is 0 Å². The fourth-order valence-corrected chi connectivity index (χ4v) is 2.37. The van der Waals surface area contributed by atoms with Crippen LogP contribution >= 0.6 is 11.6 Å². The fourth-order valence-electron chi connectivity index (χ4n) is 2.19. The Bertz CT molecular complexity index is 456. The highest BCUT2D eigenvalue weighted by Gasteiger charge is 2.18. The van der Waals surface area contributed by atoms with E-state index < -0.39 is 0 Å². The molecule has 1 heterocycles. The van der Waals surface area contributed by atoms with Gasteiger partial charge in [-0.3, -0.25) is 9.69 Å². The van der Waals surface area contributed by atoms with Gasteiger partial charge in [0.25, 0.3) is 0 Å². The number of rotatable bonds is 3. The second kappa shape index (κ2) is 6.37. The van der Waals surface area contributed by atoms with Crippen molar-refractivity contribution in [2.75, 3.05) is 25.0 Å². The predicted molar refractivity (Wildman–Crippen MR) is 78.5 cm³/mol. The Morgan fingerprint density at radius 3 is 2.79 bits per heavy atom. The Hall–Kier alpha value is -1.10. The number of hydrogen-bond donors (Lipinski definition) is 2. The largest absolute Gasteiger partial charge is 0.328 e. The molecular weight excluding hydrogens is 262 g/mol. The molecule has 0 spiro atoms. The lowest BCUT2D eigenvalue weighted by molar-refractivity contribution is -0.117. The first kappa shape index (κ1) is 14.3. The summed E-state index contributed by atoms with van der Waals surface area (Å²) >= 11 is 6.03. The maximum absolute atomic E-state index is 11.9. The Kier molecular flexibility index (Phi) is 4.80. The summed E-state index contributed by atoms with van der Waals surface area (Å²) in [6.45, 7) is 4.13. The van der Waals surface area contributed by atoms with Gasteiger partial charge in [0.2, 0.25) is 5.91 Å². The molecule has 0 saturated carbocycles. The maximum atomic E-state index is 11.9. The highest BCUT2D eigenvalue weighted by molar-refractivity contribution is 6.31. The Balaban J connectivity index is 1.85. The summed E-state index contributed by atoms with van der Waals surface area (Å²) in [7, 11) is 0. The van der Waals surface area contributed by atoms with Gasteiger partial charge in [-0.1, -0.05) is 17.7 Å². The average molecular weight is 282 g/mol. The van der Waals surface area contributed by atoms with E-state index >= 15 is 0 Å². The molecule has 0 atom stereocenters. The average Bonchev–Trinajstić information content (AvgIpc) is 2.37. The number of nitrogens with one attached hydrogen (secondary N) is 1. The molecule has 0 unspecified atom stereocenters. The van der Waals surface area contributed by atoms with Crippen LogP contribution in [-0.4, -0.2) is 36.5 Å². The number of aryl methyl sites for hydroxylation is 1. The van der Waals surface area contributed by atoms with Crippen LogP contribution in [0.1, 0.15) is 18.4 Å². The molecule has 4 nitrogen and oxygen atoms in total. The van der Waals surface area contributed by atoms with Crippen LogP contribution in [0.25, 0.3) is 0 Å². The minimum Gasteiger partial charge on any atom is -0.328 e. The second-order valence-electron chi connectivity index (χ2n) is 5.13. The lowest BCUT2D eigenvalue weighted by Gasteiger charge is -2.29. The van der Waals surface area contributed by atoms with E-state index in [0.29, 0.717) is 11.6 Å². The van der Waals surface area contributed by atoms with Gasteiger partial charge in [0.05, 0.1) is 6.54 Å². The Morgan fingerprint density at radius 2 is 2.16 bits per heavy atom. The lowest BCUT2D eigenvalue weighted by atomic mass is 10.1. The maximum Gasteiger partial charge on any atom is 0.238 e. The van der Waals surface area contributed by atoms with Crippen molar-refractivity contribution in [3.8, 4) is 0 Å². The number of nitrogens with zero attached hydrogens (tertiary/aromatic N) is 1. The van der Waals surface area contributed by atoms with E-state index in [2.05, 4.69) is 10.2 Å². The first-order valence-electron chi connectivity index (χ1n) is 6.58. The van der Waals surface area contributed by atoms with Crippen molar-refractivity contribution < 1.29 is 4.79 Å². The monoisotopic (exact) mass is 281 g/mol. The van der Waals surface area contributed by atoms with Gasteiger partial charge in [-0.15, -0.1) is 0 Å². The third-order valence-corrected chi connectivity index (χ3v) is 3.86. The summed E-state index contributed by atoms with van der Waals surface area (Å²) in [6.07, 6.45) is 1.92. The molecule has 19 heavy (non-hydrogen) atoms. The zero-order valence-corrected chi connectivity index (χ0v) is 11.9. The minimum atomic E-state index is -0.00427. The number of hydrogen-bond acceptors (Lipinski definition) is 3. The van der Waals surface area contributed by atoms with Crippen molar-refractivity contribution in [2.45, 2.75) is 25.8 Å². The standard InChI is InChI=1S/C14H20ClN3O/c1-10-2-3-12(8-13(10)15)17-14(19)9-18-6-4-11(16)5-7-18/h2-3,8,11H,4-7,9,16H2,1H3,(H,17,19). The van der Waals surface area contributed by atoms with Crippen LogP contribution in [0.5, 0.6) is 0 Å². The molecule has 1 aromatic rings. The molecule has 1 aromatic carbocycles. The highest BCUT2D eigenvalue weighted by Crippen LogP contribution is 2.20. The van der Waals surface area contributed by atoms with E-state index in [0.717, 1.165) is 37.2 Å². The molecular formula is C14H20ClN3O. The summed E-state index contributed by atoms with van der Waals surface area (Å²) in [6, 6.07) is 5.83. The topological polar surface area (TPSA) is 58.4 Å². The van der Waals surface area contributed by atoms with Crippen molar-refractivity contribution in [3.05, 3.63) is 28.8 Å². The van der Waals surface area contributed by atoms with E-state index in [1.165, 1.54) is 0 Å². The normalized spacial score (nSPS) is 17.4. The highest BCUT2D eigenvalue weighted by atomic mass is 35.5. The molecule has 2 rings (SSSR count). The first-order chi connectivity index (χ1) is 9.04. The van der Waals surface area contributed by atoms with E-state index in [-0.39, 0.29) is 11.9 Å². The summed E-state index contributed by atoms with van der Waals surface area (Å²) in [5.74, 6) is -0.00427. The first-order valence-corrected chi connectivity index (χ1v) is 6.96. The van der Waals surface area contributed by atoms with E-state index in [1.807, 2.05) is 19.1 Å². The second-order valence-corrected chi connectivity index (χ2v) is 5.53. The predicted octanol–water partition coefficient (Wildman–Crippen LogP) is 2.01. The van der Waals surface area contributed by atoms with E-state index in [9.17, 15) is 4.79 Å². The van der Waals surface area contributed by atoms with Crippen LogP contribution in [0, 0.1) is 6.92 Å². The van der Waals surface area contributed by atoms with Crippen molar-refractivity contribution in [1.82, 2.24) is 4.90 Å². The minimum absolute atomic E-state index is 0.00427. The van der Waals surface area contributed by atoms with Crippen molar-refractivity contribution in [2.24, 2.45) is 5.73 Å². The van der Waals surface area contributed by atoms with Gasteiger partial charge < -0.3 is 11.1 Å². The van der Waals surface area contributed by atoms with Gasteiger partial charge in [0, 0.05) is 29.8 Å². The van der Waals surface area contributed by atoms with Gasteiger partial charge in [-0.2, -0.15) is 0 Å². The van der Waals surface area contributed by atoms with Gasteiger partial charge in [0.1, 0.15) is 0 Å². The van der Waals surface area contributed by atoms with Crippen molar-refractivity contribution >= 4 is 23.2 Å². The molecule has 104 valence electrons. The van der Waals surface area contributed by atoms with Crippen LogP contribution in [-0.2, 0) is 4.79 Å². The Morgan fingerprint density at radius 1 is 1.47 bits per heavy atom. The van der Waals surface area contributed by atoms with Gasteiger partial charge >= 0.3 is 0 Å². The zero-order chi connectivity index (χ0) is 13.8. The van der Waals surface area contributed by atoms with Gasteiger partial charge in [-0.25, -0.2) is 0 Å². The number of piperidine rings is 1. The molecule has 3 N–H and O–H groups in total. The van der Waals surface area contributed by atoms with E-state index in [4.69, 9.17) is 17.3 Å². The van der Waals surface area contributed by atoms with Crippen LogP contribution < -0.4 is 11.1 Å². The zero-order valence-electron chi connectivity index (χ0n) is 11.2. The van der Waals surface area contributed by atoms with Crippen LogP contribution in [0.15, 0.2) is 18.2 Å². The molecule has 1 fully saturated rings. The fraction of sp³-hybridized carbons (Fsp3) is 0.500. The molecule has 1 aliphatic heterocycles. The smallest absolute Gasteiger partial charge is 0.238 e. The van der Waals surface area contributed by atoms with Crippen LogP contribution in [0.4, 0.5) is 5.69 Å². The molecule has 1 amide bonds. The number of halogens is 1. The number of nitrogens with two attached hydrogens (primary N) is 1. The molecule has 1 saturated heterocycles. The summed E-state index contributed by atoms with van der Waals surface area (Å²) < 4.78 is 0. The lowest BCUT2D eigenvalue weighted by Crippen LogP contribution is -2.43. The number of benzene rings is 1. The van der Waals surface area contributed by atoms with E-state index in [1.54, 1.807) is 6.07 Å². The van der Waals surface area contributed by atoms with Crippen molar-refractivity contribution in [1.29, 1.82) is 0 Å². The Labute approximate surface area is 118 Å². The molecule has 0 aromatic heterocycles. The molecule has 1 aliphatic rings. The summed E-state index contributed by atoms with van der Waals surface area (Å²) in [5.41, 5.74) is 7.59. The molecule has 0 radical (unpaired) electrons. The number of likely N-dealkylation sites (tertiary alicyclic amines) is 1. The third-order valence-electron chi connectivity index (χ3n) is 3.46. The SMILES string of the molecule is Cc1ccc(NC(=O)CN2CCC(N)CC2)cc1Cl. The van der Waals surface area contributed by atoms with Crippen LogP contribution in [0.3, 0.4) is 0 Å². The number of anilines is 1. The van der Waals surface area contributed by atoms with Gasteiger partial charge in [-0.05, 0) is 37.5 Å². The molecule has 0 bridgehead atoms. The van der Waals surface area contributed by atoms with Crippen LogP contribution in [0.2, 0.25) is 5.02 Å². The van der Waals surface area contributed by atoms with Gasteiger partial charge in [0.15, 0.2) is 0 Å². The number of carbonyl (C=O) groups is 1. The summed E-state index contributed by atoms with van der Waals surface area (Å²) in [5, 5.41) is 3.54. The quantitative estimate of drug-likeness (QED) is 0.891. The third kappa shape index (κ3) is 4.20. The molecule has 0 aliphatic carbocycles. The molecule has 5 heteroatoms.